The van der Waals surface area contributed by atoms with E-state index in [2.05, 4.69) is 48.5 Å². The fourth-order valence-corrected chi connectivity index (χ4v) is 1.73. The molecule has 0 unspecified atom stereocenters. The fourth-order valence-electron chi connectivity index (χ4n) is 1.73. The molecule has 0 fully saturated rings. The molecule has 0 aromatic rings. The van der Waals surface area contributed by atoms with Crippen LogP contribution in [0.4, 0.5) is 0 Å². The number of ether oxygens (including phenoxy) is 1. The number of aliphatic imine (C=N–C) groups is 1. The largest absolute Gasteiger partial charge is 0.383 e. The van der Waals surface area contributed by atoms with Crippen LogP contribution in [-0.2, 0) is 4.74 Å². The van der Waals surface area contributed by atoms with Gasteiger partial charge in [-0.1, -0.05) is 13.8 Å². The molecule has 0 aromatic carbocycles. The summed E-state index contributed by atoms with van der Waals surface area (Å²) < 4.78 is 4.98. The highest BCUT2D eigenvalue weighted by molar-refractivity contribution is 5.79. The Labute approximate surface area is 106 Å². The number of hydrogen-bond donors (Lipinski definition) is 2. The Hall–Kier alpha value is -0.810. The summed E-state index contributed by atoms with van der Waals surface area (Å²) in [6.07, 6.45) is 0. The fraction of sp³-hybridized carbons (Fsp3) is 0.917. The Kier molecular flexibility index (Phi) is 7.91. The third kappa shape index (κ3) is 8.94. The summed E-state index contributed by atoms with van der Waals surface area (Å²) in [6.45, 7) is 7.85. The summed E-state index contributed by atoms with van der Waals surface area (Å²) in [5.74, 6) is 0.828. The first-order valence-corrected chi connectivity index (χ1v) is 5.99. The number of guanidine groups is 1. The van der Waals surface area contributed by atoms with Crippen LogP contribution in [0.15, 0.2) is 4.99 Å². The van der Waals surface area contributed by atoms with Gasteiger partial charge in [0.25, 0.3) is 0 Å². The van der Waals surface area contributed by atoms with Gasteiger partial charge >= 0.3 is 0 Å². The predicted octanol–water partition coefficient (Wildman–Crippen LogP) is 0.386. The summed E-state index contributed by atoms with van der Waals surface area (Å²) in [5.41, 5.74) is 0.211. The van der Waals surface area contributed by atoms with Crippen molar-refractivity contribution >= 4 is 5.96 Å². The van der Waals surface area contributed by atoms with E-state index in [-0.39, 0.29) is 5.41 Å². The van der Waals surface area contributed by atoms with Crippen molar-refractivity contribution in [1.82, 2.24) is 15.5 Å². The summed E-state index contributed by atoms with van der Waals surface area (Å²) in [4.78, 5) is 6.36. The van der Waals surface area contributed by atoms with Crippen molar-refractivity contribution in [3.05, 3.63) is 0 Å². The van der Waals surface area contributed by atoms with Gasteiger partial charge < -0.3 is 20.3 Å². The van der Waals surface area contributed by atoms with Crippen molar-refractivity contribution in [1.29, 1.82) is 0 Å². The molecule has 5 nitrogen and oxygen atoms in total. The molecule has 102 valence electrons. The number of nitrogens with zero attached hydrogens (tertiary/aromatic N) is 2. The van der Waals surface area contributed by atoms with Crippen LogP contribution < -0.4 is 10.6 Å². The maximum absolute atomic E-state index is 4.98. The number of methoxy groups -OCH3 is 1. The van der Waals surface area contributed by atoms with Crippen LogP contribution >= 0.6 is 0 Å². The third-order valence-electron chi connectivity index (χ3n) is 2.30. The second kappa shape index (κ2) is 8.31. The van der Waals surface area contributed by atoms with Crippen molar-refractivity contribution in [3.63, 3.8) is 0 Å². The first-order valence-electron chi connectivity index (χ1n) is 5.99. The standard InChI is InChI=1S/C12H28N4O/c1-12(2,10-16(4)5)9-15-11(13-3)14-7-8-17-6/h7-10H2,1-6H3,(H2,13,14,15). The van der Waals surface area contributed by atoms with Crippen LogP contribution in [0.2, 0.25) is 0 Å². The minimum absolute atomic E-state index is 0.211. The molecule has 0 aliphatic carbocycles. The zero-order valence-corrected chi connectivity index (χ0v) is 12.1. The normalized spacial score (nSPS) is 13.0. The van der Waals surface area contributed by atoms with Crippen LogP contribution in [0.5, 0.6) is 0 Å². The molecular weight excluding hydrogens is 216 g/mol. The Morgan fingerprint density at radius 2 is 1.94 bits per heavy atom. The molecule has 0 saturated carbocycles. The van der Waals surface area contributed by atoms with Gasteiger partial charge in [0.05, 0.1) is 6.61 Å². The first kappa shape index (κ1) is 16.2. The Morgan fingerprint density at radius 1 is 1.29 bits per heavy atom. The minimum Gasteiger partial charge on any atom is -0.383 e. The molecule has 0 aromatic heterocycles. The predicted molar refractivity (Wildman–Crippen MR) is 73.6 cm³/mol. The quantitative estimate of drug-likeness (QED) is 0.386. The maximum Gasteiger partial charge on any atom is 0.191 e. The van der Waals surface area contributed by atoms with Crippen molar-refractivity contribution in [3.8, 4) is 0 Å². The van der Waals surface area contributed by atoms with E-state index in [1.807, 2.05) is 0 Å². The van der Waals surface area contributed by atoms with E-state index in [1.54, 1.807) is 14.2 Å². The lowest BCUT2D eigenvalue weighted by molar-refractivity contribution is 0.203. The van der Waals surface area contributed by atoms with Gasteiger partial charge in [-0.2, -0.15) is 0 Å². The smallest absolute Gasteiger partial charge is 0.191 e. The van der Waals surface area contributed by atoms with E-state index in [0.29, 0.717) is 6.61 Å². The van der Waals surface area contributed by atoms with Crippen LogP contribution in [0.25, 0.3) is 0 Å². The summed E-state index contributed by atoms with van der Waals surface area (Å²) in [5, 5.41) is 6.53. The highest BCUT2D eigenvalue weighted by atomic mass is 16.5. The lowest BCUT2D eigenvalue weighted by Crippen LogP contribution is -2.45. The Morgan fingerprint density at radius 3 is 2.41 bits per heavy atom. The molecule has 17 heavy (non-hydrogen) atoms. The molecule has 0 atom stereocenters. The van der Waals surface area contributed by atoms with Gasteiger partial charge in [0.1, 0.15) is 0 Å². The van der Waals surface area contributed by atoms with E-state index in [0.717, 1.165) is 25.6 Å². The van der Waals surface area contributed by atoms with Crippen molar-refractivity contribution in [2.24, 2.45) is 10.4 Å². The van der Waals surface area contributed by atoms with Crippen molar-refractivity contribution in [2.75, 3.05) is 54.5 Å². The molecule has 5 heteroatoms. The molecule has 0 aliphatic heterocycles. The topological polar surface area (TPSA) is 48.9 Å². The van der Waals surface area contributed by atoms with Crippen LogP contribution in [0.3, 0.4) is 0 Å². The number of rotatable bonds is 7. The van der Waals surface area contributed by atoms with Gasteiger partial charge in [-0.3, -0.25) is 4.99 Å². The van der Waals surface area contributed by atoms with Crippen molar-refractivity contribution in [2.45, 2.75) is 13.8 Å². The average molecular weight is 244 g/mol. The summed E-state index contributed by atoms with van der Waals surface area (Å²) in [7, 11) is 7.65. The molecule has 0 aliphatic rings. The Balaban J connectivity index is 3.97. The van der Waals surface area contributed by atoms with Crippen LogP contribution in [-0.4, -0.2) is 65.4 Å². The van der Waals surface area contributed by atoms with Gasteiger partial charge in [-0.15, -0.1) is 0 Å². The maximum atomic E-state index is 4.98. The zero-order valence-electron chi connectivity index (χ0n) is 12.1. The highest BCUT2D eigenvalue weighted by Gasteiger charge is 2.18. The van der Waals surface area contributed by atoms with Gasteiger partial charge in [-0.25, -0.2) is 0 Å². The summed E-state index contributed by atoms with van der Waals surface area (Å²) in [6, 6.07) is 0. The highest BCUT2D eigenvalue weighted by Crippen LogP contribution is 2.13. The molecule has 0 spiro atoms. The minimum atomic E-state index is 0.211. The Bertz CT molecular complexity index is 227. The lowest BCUT2D eigenvalue weighted by atomic mass is 9.93. The molecule has 0 amide bonds. The molecule has 0 heterocycles. The zero-order chi connectivity index (χ0) is 13.3. The molecular formula is C12H28N4O. The van der Waals surface area contributed by atoms with E-state index in [4.69, 9.17) is 4.74 Å². The van der Waals surface area contributed by atoms with E-state index in [1.165, 1.54) is 0 Å². The average Bonchev–Trinajstić information content (AvgIpc) is 2.21. The number of hydrogen-bond acceptors (Lipinski definition) is 3. The van der Waals surface area contributed by atoms with Gasteiger partial charge in [0.15, 0.2) is 5.96 Å². The van der Waals surface area contributed by atoms with Gasteiger partial charge in [0, 0.05) is 33.8 Å². The van der Waals surface area contributed by atoms with E-state index >= 15 is 0 Å². The number of nitrogens with one attached hydrogen (secondary N) is 2. The van der Waals surface area contributed by atoms with E-state index < -0.39 is 0 Å². The molecule has 0 saturated heterocycles. The van der Waals surface area contributed by atoms with E-state index in [9.17, 15) is 0 Å². The third-order valence-corrected chi connectivity index (χ3v) is 2.30. The monoisotopic (exact) mass is 244 g/mol. The van der Waals surface area contributed by atoms with Gasteiger partial charge in [-0.05, 0) is 19.5 Å². The first-order chi connectivity index (χ1) is 7.91. The lowest BCUT2D eigenvalue weighted by Gasteiger charge is -2.29. The second-order valence-corrected chi connectivity index (χ2v) is 5.25. The second-order valence-electron chi connectivity index (χ2n) is 5.25. The van der Waals surface area contributed by atoms with Gasteiger partial charge in [0.2, 0.25) is 0 Å². The SMILES string of the molecule is CN=C(NCCOC)NCC(C)(C)CN(C)C. The molecule has 2 N–H and O–H groups in total. The molecule has 0 bridgehead atoms. The van der Waals surface area contributed by atoms with Crippen LogP contribution in [0, 0.1) is 5.41 Å². The summed E-state index contributed by atoms with van der Waals surface area (Å²) >= 11 is 0. The van der Waals surface area contributed by atoms with Crippen molar-refractivity contribution < 1.29 is 4.74 Å². The van der Waals surface area contributed by atoms with Crippen LogP contribution in [0.1, 0.15) is 13.8 Å². The molecule has 0 rings (SSSR count). The molecule has 0 radical (unpaired) electrons.